The molecule has 5 atom stereocenters. The van der Waals surface area contributed by atoms with Gasteiger partial charge in [-0.3, -0.25) is 0 Å². The van der Waals surface area contributed by atoms with Crippen LogP contribution in [-0.4, -0.2) is 14.3 Å². The maximum atomic E-state index is 5.28. The standard InChI is InChI=1S/C22H30NSSi.3CH3.Ti/c1-13(2)23-25(5,6)22-15(4)14(3)20-17(22)11-12-19-21(20)16-9-7-8-10-18(16)24-19;;;;/h7-15,17,20,22H,1-6H3;3*1H3;/q4*-1;+4. The molecular formula is C25H39NSSiTi. The molecule has 2 aliphatic carbocycles. The van der Waals surface area contributed by atoms with E-state index in [9.17, 15) is 0 Å². The number of hydrogen-bond donors (Lipinski definition) is 0. The van der Waals surface area contributed by atoms with E-state index in [-0.39, 0.29) is 44.0 Å². The van der Waals surface area contributed by atoms with Crippen LogP contribution in [0.5, 0.6) is 0 Å². The van der Waals surface area contributed by atoms with Crippen molar-refractivity contribution in [1.82, 2.24) is 0 Å². The summed E-state index contributed by atoms with van der Waals surface area (Å²) in [7, 11) is -1.64. The molecule has 1 aromatic heterocycles. The van der Waals surface area contributed by atoms with Gasteiger partial charge in [-0.15, -0.1) is 17.4 Å². The van der Waals surface area contributed by atoms with Gasteiger partial charge >= 0.3 is 21.7 Å². The molecule has 1 fully saturated rings. The van der Waals surface area contributed by atoms with Crippen LogP contribution in [0.15, 0.2) is 30.3 Å². The van der Waals surface area contributed by atoms with Crippen molar-refractivity contribution in [3.05, 3.63) is 68.0 Å². The molecule has 4 rings (SSSR count). The molecule has 0 N–H and O–H groups in total. The third-order valence-corrected chi connectivity index (χ3v) is 11.5. The van der Waals surface area contributed by atoms with E-state index >= 15 is 0 Å². The molecule has 0 radical (unpaired) electrons. The van der Waals surface area contributed by atoms with Gasteiger partial charge in [-0.2, -0.15) is 0 Å². The Morgan fingerprint density at radius 1 is 1.00 bits per heavy atom. The largest absolute Gasteiger partial charge is 4.00 e. The first-order chi connectivity index (χ1) is 11.8. The van der Waals surface area contributed by atoms with Crippen molar-refractivity contribution in [1.29, 1.82) is 0 Å². The van der Waals surface area contributed by atoms with Crippen LogP contribution in [0.4, 0.5) is 0 Å². The van der Waals surface area contributed by atoms with Gasteiger partial charge in [0.25, 0.3) is 0 Å². The van der Waals surface area contributed by atoms with Crippen molar-refractivity contribution >= 4 is 35.7 Å². The van der Waals surface area contributed by atoms with Gasteiger partial charge in [0.1, 0.15) is 0 Å². The summed E-state index contributed by atoms with van der Waals surface area (Å²) in [5, 5.41) is 1.50. The number of allylic oxidation sites excluding steroid dienone is 1. The summed E-state index contributed by atoms with van der Waals surface area (Å²) in [6.07, 6.45) is 4.98. The smallest absolute Gasteiger partial charge is 0.662 e. The monoisotopic (exact) mass is 461 g/mol. The quantitative estimate of drug-likeness (QED) is 0.321. The minimum absolute atomic E-state index is 0. The van der Waals surface area contributed by atoms with Crippen molar-refractivity contribution < 1.29 is 21.7 Å². The summed E-state index contributed by atoms with van der Waals surface area (Å²) < 4.78 is 1.45. The molecule has 29 heavy (non-hydrogen) atoms. The minimum Gasteiger partial charge on any atom is -0.662 e. The Morgan fingerprint density at radius 3 is 2.24 bits per heavy atom. The fourth-order valence-corrected chi connectivity index (χ4v) is 11.4. The number of thiophene rings is 1. The zero-order valence-electron chi connectivity index (χ0n) is 19.8. The van der Waals surface area contributed by atoms with E-state index in [1.54, 1.807) is 5.56 Å². The predicted molar refractivity (Wildman–Crippen MR) is 134 cm³/mol. The van der Waals surface area contributed by atoms with Crippen molar-refractivity contribution in [3.63, 3.8) is 0 Å². The Hall–Kier alpha value is -0.189. The van der Waals surface area contributed by atoms with E-state index in [0.29, 0.717) is 17.9 Å². The third-order valence-electron chi connectivity index (χ3n) is 6.66. The fourth-order valence-electron chi connectivity index (χ4n) is 5.89. The van der Waals surface area contributed by atoms with Crippen molar-refractivity contribution in [3.8, 4) is 0 Å². The molecule has 1 heterocycles. The van der Waals surface area contributed by atoms with Crippen molar-refractivity contribution in [2.45, 2.75) is 58.3 Å². The Kier molecular flexibility index (Phi) is 10.3. The molecule has 158 valence electrons. The Labute approximate surface area is 200 Å². The minimum atomic E-state index is -1.64. The summed E-state index contributed by atoms with van der Waals surface area (Å²) in [5.41, 5.74) is 2.39. The van der Waals surface area contributed by atoms with E-state index in [1.807, 2.05) is 11.3 Å². The number of nitrogens with zero attached hydrogens (tertiary/aromatic N) is 1. The molecule has 0 saturated heterocycles. The van der Waals surface area contributed by atoms with Crippen LogP contribution in [0.1, 0.15) is 44.1 Å². The summed E-state index contributed by atoms with van der Waals surface area (Å²) in [5.74, 6) is 2.81. The molecule has 2 aromatic rings. The molecule has 0 aliphatic heterocycles. The summed E-state index contributed by atoms with van der Waals surface area (Å²) in [6.45, 7) is 14.5. The van der Waals surface area contributed by atoms with Gasteiger partial charge in [-0.25, -0.2) is 0 Å². The molecule has 0 amide bonds. The van der Waals surface area contributed by atoms with Gasteiger partial charge in [-0.1, -0.05) is 78.8 Å². The van der Waals surface area contributed by atoms with Gasteiger partial charge in [0, 0.05) is 9.58 Å². The number of hydrogen-bond acceptors (Lipinski definition) is 1. The van der Waals surface area contributed by atoms with E-state index in [0.717, 1.165) is 17.4 Å². The van der Waals surface area contributed by atoms with Crippen LogP contribution in [0.2, 0.25) is 18.6 Å². The molecule has 4 heteroatoms. The Morgan fingerprint density at radius 2 is 1.62 bits per heavy atom. The average Bonchev–Trinajstić information content (AvgIpc) is 3.02. The van der Waals surface area contributed by atoms with E-state index in [1.165, 1.54) is 15.0 Å². The van der Waals surface area contributed by atoms with Gasteiger partial charge < -0.3 is 27.3 Å². The predicted octanol–water partition coefficient (Wildman–Crippen LogP) is 8.62. The molecular weight excluding hydrogens is 422 g/mol. The summed E-state index contributed by atoms with van der Waals surface area (Å²) in [4.78, 5) is 6.78. The van der Waals surface area contributed by atoms with Gasteiger partial charge in [0.15, 0.2) is 0 Å². The summed E-state index contributed by atoms with van der Waals surface area (Å²) >= 11 is 1.97. The first-order valence-electron chi connectivity index (χ1n) is 9.73. The second-order valence-corrected chi connectivity index (χ2v) is 14.3. The van der Waals surface area contributed by atoms with Crippen LogP contribution < -0.4 is 0 Å². The number of fused-ring (bicyclic) bond motifs is 5. The van der Waals surface area contributed by atoms with E-state index in [4.69, 9.17) is 4.98 Å². The Balaban J connectivity index is 0.00000196. The normalized spacial score (nSPS) is 27.2. The van der Waals surface area contributed by atoms with Crippen molar-refractivity contribution in [2.75, 3.05) is 0 Å². The van der Waals surface area contributed by atoms with Crippen LogP contribution in [0.25, 0.3) is 21.1 Å². The van der Waals surface area contributed by atoms with E-state index < -0.39 is 8.24 Å². The molecule has 1 saturated carbocycles. The SMILES string of the molecule is CC(C)[N-][Si](C)(C)C1C(C)C(C)C2c3c(sc4ccccc34)C=CC21.[CH3-].[CH3-].[CH3-].[Ti+4]. The molecule has 0 spiro atoms. The summed E-state index contributed by atoms with van der Waals surface area (Å²) in [6, 6.07) is 9.46. The molecule has 1 aromatic carbocycles. The van der Waals surface area contributed by atoms with Crippen LogP contribution >= 0.6 is 11.3 Å². The second-order valence-electron chi connectivity index (χ2n) is 8.96. The van der Waals surface area contributed by atoms with Crippen LogP contribution in [0, 0.1) is 40.0 Å². The molecule has 0 bridgehead atoms. The molecule has 5 unspecified atom stereocenters. The van der Waals surface area contributed by atoms with Crippen LogP contribution in [-0.2, 0) is 21.7 Å². The van der Waals surface area contributed by atoms with Crippen molar-refractivity contribution in [2.24, 2.45) is 17.8 Å². The van der Waals surface area contributed by atoms with Crippen LogP contribution in [0.3, 0.4) is 0 Å². The zero-order valence-corrected chi connectivity index (χ0v) is 23.2. The molecule has 2 aliphatic rings. The zero-order chi connectivity index (χ0) is 17.9. The van der Waals surface area contributed by atoms with Gasteiger partial charge in [0.05, 0.1) is 0 Å². The van der Waals surface area contributed by atoms with Gasteiger partial charge in [-0.05, 0) is 46.8 Å². The maximum absolute atomic E-state index is 5.28. The number of benzene rings is 1. The first kappa shape index (κ1) is 28.8. The topological polar surface area (TPSA) is 14.1 Å². The first-order valence-corrected chi connectivity index (χ1v) is 13.6. The second kappa shape index (κ2) is 10.4. The number of rotatable bonds is 3. The maximum Gasteiger partial charge on any atom is 4.00 e. The third kappa shape index (κ3) is 4.70. The molecule has 1 nitrogen and oxygen atoms in total. The van der Waals surface area contributed by atoms with E-state index in [2.05, 4.69) is 77.2 Å². The Bertz CT molecular complexity index is 825. The fraction of sp³-hybridized carbons (Fsp3) is 0.480. The van der Waals surface area contributed by atoms with Gasteiger partial charge in [0.2, 0.25) is 0 Å². The average molecular weight is 462 g/mol.